The molecule has 0 radical (unpaired) electrons. The second-order valence-electron chi connectivity index (χ2n) is 6.50. The molecule has 1 aliphatic heterocycles. The second kappa shape index (κ2) is 7.14. The van der Waals surface area contributed by atoms with E-state index in [1.165, 1.54) is 0 Å². The van der Waals surface area contributed by atoms with E-state index in [4.69, 9.17) is 4.42 Å². The SMILES string of the molecule is O=C(O)c1ccccc1-c1ccc(CN2CCC[C@H]2c2ccccn2)o1. The Balaban J connectivity index is 1.55. The summed E-state index contributed by atoms with van der Waals surface area (Å²) in [6.45, 7) is 1.69. The molecule has 132 valence electrons. The van der Waals surface area contributed by atoms with Crippen molar-refractivity contribution in [3.63, 3.8) is 0 Å². The van der Waals surface area contributed by atoms with Gasteiger partial charge in [-0.05, 0) is 49.7 Å². The molecular weight excluding hydrogens is 328 g/mol. The zero-order valence-electron chi connectivity index (χ0n) is 14.3. The standard InChI is InChI=1S/C21H20N2O3/c24-21(25)17-7-2-1-6-16(17)20-11-10-15(26-20)14-23-13-5-9-19(23)18-8-3-4-12-22-18/h1-4,6-8,10-12,19H,5,9,13-14H2,(H,24,25)/t19-/m0/s1. The summed E-state index contributed by atoms with van der Waals surface area (Å²) in [5.41, 5.74) is 1.95. The van der Waals surface area contributed by atoms with E-state index in [2.05, 4.69) is 16.0 Å². The Labute approximate surface area is 151 Å². The predicted octanol–water partition coefficient (Wildman–Crippen LogP) is 4.38. The van der Waals surface area contributed by atoms with Gasteiger partial charge in [0.2, 0.25) is 0 Å². The van der Waals surface area contributed by atoms with Crippen LogP contribution in [0.5, 0.6) is 0 Å². The molecule has 1 fully saturated rings. The van der Waals surface area contributed by atoms with E-state index in [1.54, 1.807) is 18.2 Å². The molecule has 0 saturated carbocycles. The lowest BCUT2D eigenvalue weighted by molar-refractivity contribution is 0.0697. The van der Waals surface area contributed by atoms with Crippen molar-refractivity contribution in [3.8, 4) is 11.3 Å². The first-order valence-corrected chi connectivity index (χ1v) is 8.79. The average molecular weight is 348 g/mol. The van der Waals surface area contributed by atoms with Gasteiger partial charge >= 0.3 is 5.97 Å². The summed E-state index contributed by atoms with van der Waals surface area (Å²) >= 11 is 0. The minimum atomic E-state index is -0.951. The number of rotatable bonds is 5. The summed E-state index contributed by atoms with van der Waals surface area (Å²) in [5.74, 6) is 0.475. The zero-order chi connectivity index (χ0) is 17.9. The van der Waals surface area contributed by atoms with Crippen LogP contribution in [0.4, 0.5) is 0 Å². The topological polar surface area (TPSA) is 66.6 Å². The number of aromatic nitrogens is 1. The van der Waals surface area contributed by atoms with Crippen molar-refractivity contribution in [1.82, 2.24) is 9.88 Å². The number of hydrogen-bond acceptors (Lipinski definition) is 4. The molecule has 4 rings (SSSR count). The van der Waals surface area contributed by atoms with E-state index in [1.807, 2.05) is 36.5 Å². The van der Waals surface area contributed by atoms with Gasteiger partial charge in [0.15, 0.2) is 0 Å². The monoisotopic (exact) mass is 348 g/mol. The zero-order valence-corrected chi connectivity index (χ0v) is 14.3. The van der Waals surface area contributed by atoms with Gasteiger partial charge in [0, 0.05) is 11.8 Å². The number of benzene rings is 1. The lowest BCUT2D eigenvalue weighted by atomic mass is 10.1. The lowest BCUT2D eigenvalue weighted by Gasteiger charge is -2.22. The molecule has 0 unspecified atom stereocenters. The quantitative estimate of drug-likeness (QED) is 0.741. The van der Waals surface area contributed by atoms with E-state index < -0.39 is 5.97 Å². The number of aromatic carboxylic acids is 1. The average Bonchev–Trinajstić information content (AvgIpc) is 3.32. The normalized spacial score (nSPS) is 17.5. The number of nitrogens with zero attached hydrogens (tertiary/aromatic N) is 2. The highest BCUT2D eigenvalue weighted by molar-refractivity contribution is 5.95. The summed E-state index contributed by atoms with van der Waals surface area (Å²) in [6.07, 6.45) is 4.06. The van der Waals surface area contributed by atoms with Crippen LogP contribution in [0.25, 0.3) is 11.3 Å². The summed E-state index contributed by atoms with van der Waals surface area (Å²) in [4.78, 5) is 18.3. The van der Waals surface area contributed by atoms with Gasteiger partial charge < -0.3 is 9.52 Å². The van der Waals surface area contributed by atoms with Gasteiger partial charge in [-0.15, -0.1) is 0 Å². The highest BCUT2D eigenvalue weighted by atomic mass is 16.4. The van der Waals surface area contributed by atoms with Crippen molar-refractivity contribution in [2.45, 2.75) is 25.4 Å². The maximum Gasteiger partial charge on any atom is 0.336 e. The first kappa shape index (κ1) is 16.5. The molecule has 3 heterocycles. The van der Waals surface area contributed by atoms with E-state index >= 15 is 0 Å². The third kappa shape index (κ3) is 3.26. The maximum atomic E-state index is 11.4. The second-order valence-corrected chi connectivity index (χ2v) is 6.50. The van der Waals surface area contributed by atoms with Crippen LogP contribution in [0.1, 0.15) is 40.7 Å². The molecule has 5 nitrogen and oxygen atoms in total. The van der Waals surface area contributed by atoms with Crippen LogP contribution in [-0.2, 0) is 6.54 Å². The number of carboxylic acids is 1. The van der Waals surface area contributed by atoms with Crippen LogP contribution in [0.15, 0.2) is 65.2 Å². The van der Waals surface area contributed by atoms with Gasteiger partial charge in [-0.2, -0.15) is 0 Å². The molecule has 3 aromatic rings. The predicted molar refractivity (Wildman–Crippen MR) is 97.7 cm³/mol. The Bertz CT molecular complexity index is 904. The molecule has 1 atom stereocenters. The van der Waals surface area contributed by atoms with E-state index in [0.29, 0.717) is 23.9 Å². The smallest absolute Gasteiger partial charge is 0.336 e. The molecular formula is C21H20N2O3. The van der Waals surface area contributed by atoms with Gasteiger partial charge in [-0.25, -0.2) is 4.79 Å². The number of carbonyl (C=O) groups is 1. The Morgan fingerprint density at radius 2 is 2.00 bits per heavy atom. The van der Waals surface area contributed by atoms with Crippen LogP contribution in [-0.4, -0.2) is 27.5 Å². The summed E-state index contributed by atoms with van der Waals surface area (Å²) < 4.78 is 5.98. The molecule has 1 aromatic carbocycles. The van der Waals surface area contributed by atoms with E-state index in [9.17, 15) is 9.90 Å². The molecule has 5 heteroatoms. The highest BCUT2D eigenvalue weighted by Crippen LogP contribution is 2.33. The molecule has 1 aliphatic rings. The Kier molecular flexibility index (Phi) is 4.54. The molecule has 2 aromatic heterocycles. The Morgan fingerprint density at radius 3 is 2.81 bits per heavy atom. The first-order chi connectivity index (χ1) is 12.7. The minimum Gasteiger partial charge on any atom is -0.478 e. The molecule has 0 aliphatic carbocycles. The maximum absolute atomic E-state index is 11.4. The van der Waals surface area contributed by atoms with Crippen molar-refractivity contribution in [2.24, 2.45) is 0 Å². The van der Waals surface area contributed by atoms with Crippen LogP contribution >= 0.6 is 0 Å². The summed E-state index contributed by atoms with van der Waals surface area (Å²) in [6, 6.07) is 17.0. The molecule has 1 saturated heterocycles. The van der Waals surface area contributed by atoms with Gasteiger partial charge in [-0.3, -0.25) is 9.88 Å². The molecule has 0 amide bonds. The van der Waals surface area contributed by atoms with Crippen molar-refractivity contribution in [3.05, 3.63) is 77.8 Å². The number of furan rings is 1. The number of carboxylic acid groups (broad SMARTS) is 1. The van der Waals surface area contributed by atoms with Crippen LogP contribution in [0.3, 0.4) is 0 Å². The van der Waals surface area contributed by atoms with Crippen LogP contribution < -0.4 is 0 Å². The summed E-state index contributed by atoms with van der Waals surface area (Å²) in [5, 5.41) is 9.37. The third-order valence-corrected chi connectivity index (χ3v) is 4.84. The van der Waals surface area contributed by atoms with Crippen molar-refractivity contribution in [1.29, 1.82) is 0 Å². The van der Waals surface area contributed by atoms with Crippen molar-refractivity contribution < 1.29 is 14.3 Å². The summed E-state index contributed by atoms with van der Waals surface area (Å²) in [7, 11) is 0. The first-order valence-electron chi connectivity index (χ1n) is 8.79. The van der Waals surface area contributed by atoms with Gasteiger partial charge in [0.05, 0.1) is 23.8 Å². The Morgan fingerprint density at radius 1 is 1.15 bits per heavy atom. The van der Waals surface area contributed by atoms with Crippen molar-refractivity contribution in [2.75, 3.05) is 6.54 Å². The molecule has 0 bridgehead atoms. The highest BCUT2D eigenvalue weighted by Gasteiger charge is 2.27. The largest absolute Gasteiger partial charge is 0.478 e. The molecule has 1 N–H and O–H groups in total. The fourth-order valence-corrected chi connectivity index (χ4v) is 3.62. The number of likely N-dealkylation sites (tertiary alicyclic amines) is 1. The number of pyridine rings is 1. The fraction of sp³-hybridized carbons (Fsp3) is 0.238. The van der Waals surface area contributed by atoms with Gasteiger partial charge in [-0.1, -0.05) is 24.3 Å². The van der Waals surface area contributed by atoms with Crippen LogP contribution in [0.2, 0.25) is 0 Å². The lowest BCUT2D eigenvalue weighted by Crippen LogP contribution is -2.23. The van der Waals surface area contributed by atoms with E-state index in [-0.39, 0.29) is 5.56 Å². The van der Waals surface area contributed by atoms with Crippen molar-refractivity contribution >= 4 is 5.97 Å². The van der Waals surface area contributed by atoms with Gasteiger partial charge in [0.1, 0.15) is 11.5 Å². The minimum absolute atomic E-state index is 0.251. The molecule has 0 spiro atoms. The van der Waals surface area contributed by atoms with E-state index in [0.717, 1.165) is 30.8 Å². The fourth-order valence-electron chi connectivity index (χ4n) is 3.62. The molecule has 26 heavy (non-hydrogen) atoms. The third-order valence-electron chi connectivity index (χ3n) is 4.84. The number of hydrogen-bond donors (Lipinski definition) is 1. The Hall–Kier alpha value is -2.92. The van der Waals surface area contributed by atoms with Crippen LogP contribution in [0, 0.1) is 0 Å². The van der Waals surface area contributed by atoms with Gasteiger partial charge in [0.25, 0.3) is 0 Å².